The first kappa shape index (κ1) is 13.3. The first-order valence-electron chi connectivity index (χ1n) is 5.59. The molecule has 18 heavy (non-hydrogen) atoms. The number of amides is 1. The minimum atomic E-state index is -0.394. The van der Waals surface area contributed by atoms with Crippen LogP contribution in [0.1, 0.15) is 13.8 Å². The van der Waals surface area contributed by atoms with Crippen molar-refractivity contribution in [2.75, 3.05) is 5.32 Å². The average molecular weight is 328 g/mol. The monoisotopic (exact) mass is 327 g/mol. The van der Waals surface area contributed by atoms with Crippen molar-refractivity contribution in [3.8, 4) is 0 Å². The first-order valence-corrected chi connectivity index (χ1v) is 7.20. The normalized spacial score (nSPS) is 12.9. The molecule has 4 nitrogen and oxygen atoms in total. The molecule has 0 spiro atoms. The Hall–Kier alpha value is -1.14. The molecule has 3 N–H and O–H groups in total. The zero-order chi connectivity index (χ0) is 13.3. The summed E-state index contributed by atoms with van der Waals surface area (Å²) in [5.41, 5.74) is 6.29. The number of carbonyl (C=O) groups excluding carboxylic acids is 1. The maximum atomic E-state index is 11.3. The number of thiazole rings is 1. The molecule has 1 heterocycles. The molecule has 6 heteroatoms. The van der Waals surface area contributed by atoms with Gasteiger partial charge in [0.2, 0.25) is 5.91 Å². The molecule has 1 aromatic carbocycles. The highest BCUT2D eigenvalue weighted by atomic mass is 79.9. The third kappa shape index (κ3) is 2.81. The lowest BCUT2D eigenvalue weighted by molar-refractivity contribution is -0.119. The van der Waals surface area contributed by atoms with Crippen molar-refractivity contribution in [2.24, 2.45) is 11.7 Å². The molecule has 0 aliphatic rings. The summed E-state index contributed by atoms with van der Waals surface area (Å²) in [7, 11) is 0. The fraction of sp³-hybridized carbons (Fsp3) is 0.333. The van der Waals surface area contributed by atoms with Crippen molar-refractivity contribution >= 4 is 48.5 Å². The van der Waals surface area contributed by atoms with Gasteiger partial charge in [-0.15, -0.1) is 0 Å². The van der Waals surface area contributed by atoms with Gasteiger partial charge in [0, 0.05) is 4.47 Å². The number of rotatable bonds is 4. The van der Waals surface area contributed by atoms with Crippen LogP contribution in [0, 0.1) is 5.92 Å². The van der Waals surface area contributed by atoms with E-state index in [1.807, 2.05) is 32.0 Å². The fourth-order valence-electron chi connectivity index (χ4n) is 1.66. The van der Waals surface area contributed by atoms with Crippen LogP contribution in [0.3, 0.4) is 0 Å². The first-order chi connectivity index (χ1) is 8.47. The Morgan fingerprint density at radius 2 is 2.22 bits per heavy atom. The number of anilines is 1. The highest BCUT2D eigenvalue weighted by Gasteiger charge is 2.20. The smallest absolute Gasteiger partial charge is 0.240 e. The van der Waals surface area contributed by atoms with Gasteiger partial charge in [-0.3, -0.25) is 4.79 Å². The van der Waals surface area contributed by atoms with E-state index in [2.05, 4.69) is 26.2 Å². The summed E-state index contributed by atoms with van der Waals surface area (Å²) in [5, 5.41) is 3.83. The number of carbonyl (C=O) groups is 1. The van der Waals surface area contributed by atoms with E-state index in [1.54, 1.807) is 0 Å². The number of primary amides is 1. The van der Waals surface area contributed by atoms with Crippen LogP contribution in [-0.2, 0) is 4.79 Å². The summed E-state index contributed by atoms with van der Waals surface area (Å²) in [6.45, 7) is 3.90. The van der Waals surface area contributed by atoms with E-state index in [0.29, 0.717) is 0 Å². The van der Waals surface area contributed by atoms with Crippen LogP contribution < -0.4 is 11.1 Å². The van der Waals surface area contributed by atoms with Crippen molar-refractivity contribution < 1.29 is 4.79 Å². The maximum Gasteiger partial charge on any atom is 0.240 e. The second-order valence-electron chi connectivity index (χ2n) is 4.40. The van der Waals surface area contributed by atoms with Crippen LogP contribution in [0.15, 0.2) is 22.7 Å². The molecular formula is C12H14BrN3OS. The highest BCUT2D eigenvalue weighted by molar-refractivity contribution is 9.10. The number of halogens is 1. The molecule has 1 atom stereocenters. The molecule has 2 aromatic rings. The number of benzene rings is 1. The van der Waals surface area contributed by atoms with Crippen molar-refractivity contribution in [1.82, 2.24) is 4.98 Å². The minimum Gasteiger partial charge on any atom is -0.368 e. The maximum absolute atomic E-state index is 11.3. The quantitative estimate of drug-likeness (QED) is 0.907. The fourth-order valence-corrected chi connectivity index (χ4v) is 3.11. The molecule has 0 radical (unpaired) electrons. The van der Waals surface area contributed by atoms with Crippen molar-refractivity contribution in [3.63, 3.8) is 0 Å². The summed E-state index contributed by atoms with van der Waals surface area (Å²) in [6, 6.07) is 5.50. The Labute approximate surface area is 118 Å². The van der Waals surface area contributed by atoms with Crippen LogP contribution in [0.5, 0.6) is 0 Å². The number of nitrogens with zero attached hydrogens (tertiary/aromatic N) is 1. The van der Waals surface area contributed by atoms with Crippen molar-refractivity contribution in [3.05, 3.63) is 22.7 Å². The van der Waals surface area contributed by atoms with E-state index >= 15 is 0 Å². The predicted octanol–water partition coefficient (Wildman–Crippen LogP) is 2.98. The molecule has 0 fully saturated rings. The van der Waals surface area contributed by atoms with Crippen molar-refractivity contribution in [1.29, 1.82) is 0 Å². The predicted molar refractivity (Wildman–Crippen MR) is 78.8 cm³/mol. The zero-order valence-corrected chi connectivity index (χ0v) is 12.5. The molecule has 96 valence electrons. The molecule has 1 amide bonds. The molecule has 2 rings (SSSR count). The third-order valence-corrected chi connectivity index (χ3v) is 4.05. The van der Waals surface area contributed by atoms with Gasteiger partial charge in [-0.2, -0.15) is 0 Å². The lowest BCUT2D eigenvalue weighted by atomic mass is 10.0. The Bertz CT molecular complexity index is 582. The lowest BCUT2D eigenvalue weighted by Gasteiger charge is -2.17. The molecule has 0 bridgehead atoms. The van der Waals surface area contributed by atoms with Gasteiger partial charge in [0.25, 0.3) is 0 Å². The van der Waals surface area contributed by atoms with E-state index in [-0.39, 0.29) is 11.8 Å². The average Bonchev–Trinajstić information content (AvgIpc) is 2.66. The van der Waals surface area contributed by atoms with Crippen LogP contribution in [0.25, 0.3) is 10.2 Å². The second kappa shape index (κ2) is 5.24. The Morgan fingerprint density at radius 3 is 2.83 bits per heavy atom. The number of nitrogens with two attached hydrogens (primary N) is 1. The summed E-state index contributed by atoms with van der Waals surface area (Å²) in [5.74, 6) is -0.230. The van der Waals surface area contributed by atoms with Crippen molar-refractivity contribution in [2.45, 2.75) is 19.9 Å². The van der Waals surface area contributed by atoms with Gasteiger partial charge in [-0.1, -0.05) is 41.1 Å². The molecule has 0 saturated heterocycles. The topological polar surface area (TPSA) is 68.0 Å². The SMILES string of the molecule is CC(C)C(Nc1nc2ccc(Br)cc2s1)C(N)=O. The number of hydrogen-bond donors (Lipinski definition) is 2. The lowest BCUT2D eigenvalue weighted by Crippen LogP contribution is -2.39. The van der Waals surface area contributed by atoms with Gasteiger partial charge in [0.15, 0.2) is 5.13 Å². The van der Waals surface area contributed by atoms with Gasteiger partial charge in [0.1, 0.15) is 6.04 Å². The third-order valence-electron chi connectivity index (χ3n) is 2.60. The summed E-state index contributed by atoms with van der Waals surface area (Å²) in [6.07, 6.45) is 0. The standard InChI is InChI=1S/C12H14BrN3OS/c1-6(2)10(11(14)17)16-12-15-8-4-3-7(13)5-9(8)18-12/h3-6,10H,1-2H3,(H2,14,17)(H,15,16). The zero-order valence-electron chi connectivity index (χ0n) is 10.1. The molecule has 0 saturated carbocycles. The number of fused-ring (bicyclic) bond motifs is 1. The van der Waals surface area contributed by atoms with Gasteiger partial charge in [-0.25, -0.2) is 4.98 Å². The molecular weight excluding hydrogens is 314 g/mol. The largest absolute Gasteiger partial charge is 0.368 e. The van der Waals surface area contributed by atoms with E-state index in [4.69, 9.17) is 5.73 Å². The molecule has 0 aliphatic heterocycles. The second-order valence-corrected chi connectivity index (χ2v) is 6.35. The van der Waals surface area contributed by atoms with E-state index in [1.165, 1.54) is 11.3 Å². The summed E-state index contributed by atoms with van der Waals surface area (Å²) >= 11 is 4.94. The minimum absolute atomic E-state index is 0.126. The number of hydrogen-bond acceptors (Lipinski definition) is 4. The van der Waals surface area contributed by atoms with Crippen LogP contribution >= 0.6 is 27.3 Å². The molecule has 0 aliphatic carbocycles. The Balaban J connectivity index is 2.28. The van der Waals surface area contributed by atoms with Gasteiger partial charge in [-0.05, 0) is 24.1 Å². The number of aromatic nitrogens is 1. The van der Waals surface area contributed by atoms with Gasteiger partial charge < -0.3 is 11.1 Å². The van der Waals surface area contributed by atoms with Crippen LogP contribution in [-0.4, -0.2) is 16.9 Å². The van der Waals surface area contributed by atoms with E-state index < -0.39 is 6.04 Å². The van der Waals surface area contributed by atoms with Crippen LogP contribution in [0.4, 0.5) is 5.13 Å². The molecule has 1 aromatic heterocycles. The van der Waals surface area contributed by atoms with E-state index in [9.17, 15) is 4.79 Å². The van der Waals surface area contributed by atoms with Gasteiger partial charge >= 0.3 is 0 Å². The summed E-state index contributed by atoms with van der Waals surface area (Å²) in [4.78, 5) is 15.8. The Kier molecular flexibility index (Phi) is 3.87. The highest BCUT2D eigenvalue weighted by Crippen LogP contribution is 2.29. The Morgan fingerprint density at radius 1 is 1.50 bits per heavy atom. The van der Waals surface area contributed by atoms with Gasteiger partial charge in [0.05, 0.1) is 10.2 Å². The van der Waals surface area contributed by atoms with E-state index in [0.717, 1.165) is 19.8 Å². The van der Waals surface area contributed by atoms with Crippen LogP contribution in [0.2, 0.25) is 0 Å². The summed E-state index contributed by atoms with van der Waals surface area (Å²) < 4.78 is 2.08. The molecule has 1 unspecified atom stereocenters. The number of nitrogens with one attached hydrogen (secondary N) is 1.